The molecule has 0 fully saturated rings. The van der Waals surface area contributed by atoms with E-state index in [2.05, 4.69) is 24.2 Å². The molecule has 0 spiro atoms. The molecule has 0 bridgehead atoms. The van der Waals surface area contributed by atoms with E-state index in [0.717, 1.165) is 5.69 Å². The summed E-state index contributed by atoms with van der Waals surface area (Å²) in [7, 11) is 0. The van der Waals surface area contributed by atoms with Gasteiger partial charge in [-0.25, -0.2) is 9.89 Å². The van der Waals surface area contributed by atoms with Gasteiger partial charge >= 0.3 is 5.96 Å². The highest BCUT2D eigenvalue weighted by atomic mass is 35.5. The molecule has 0 radical (unpaired) electrons. The molecule has 1 aromatic carbocycles. The topological polar surface area (TPSA) is 79.4 Å². The highest BCUT2D eigenvalue weighted by Crippen LogP contribution is 2.22. The van der Waals surface area contributed by atoms with Gasteiger partial charge in [-0.1, -0.05) is 25.4 Å². The van der Waals surface area contributed by atoms with Crippen molar-refractivity contribution in [3.8, 4) is 0 Å². The standard InChI is InChI=1S/C12H16ClN5/c1-7(2)10-16-11(14)17-12(15)18(10)9-5-3-8(13)4-6-9/h3-7,10H,1-2H3,(H4,14,15,16,17)/p+1. The highest BCUT2D eigenvalue weighted by Gasteiger charge is 2.29. The molecule has 1 atom stereocenters. The molecular formula is C12H17ClN5+. The van der Waals surface area contributed by atoms with Crippen LogP contribution in [0.3, 0.4) is 0 Å². The first kappa shape index (κ1) is 12.7. The zero-order valence-corrected chi connectivity index (χ0v) is 11.1. The van der Waals surface area contributed by atoms with E-state index in [1.807, 2.05) is 28.8 Å². The van der Waals surface area contributed by atoms with Crippen LogP contribution in [-0.4, -0.2) is 22.7 Å². The Morgan fingerprint density at radius 3 is 2.44 bits per heavy atom. The lowest BCUT2D eigenvalue weighted by molar-refractivity contribution is -0.496. The quantitative estimate of drug-likeness (QED) is 0.704. The highest BCUT2D eigenvalue weighted by molar-refractivity contribution is 6.30. The molecule has 0 aromatic heterocycles. The summed E-state index contributed by atoms with van der Waals surface area (Å²) in [4.78, 5) is 4.39. The van der Waals surface area contributed by atoms with Crippen molar-refractivity contribution in [2.45, 2.75) is 20.0 Å². The zero-order valence-electron chi connectivity index (χ0n) is 10.4. The van der Waals surface area contributed by atoms with E-state index in [1.54, 1.807) is 0 Å². The van der Waals surface area contributed by atoms with Gasteiger partial charge in [-0.2, -0.15) is 4.99 Å². The van der Waals surface area contributed by atoms with Gasteiger partial charge in [0.05, 0.1) is 0 Å². The van der Waals surface area contributed by atoms with Crippen LogP contribution in [-0.2, 0) is 0 Å². The molecule has 1 aromatic rings. The number of aliphatic imine (C=N–C) groups is 1. The lowest BCUT2D eigenvalue weighted by atomic mass is 10.1. The molecule has 18 heavy (non-hydrogen) atoms. The molecule has 0 amide bonds. The predicted octanol–water partition coefficient (Wildman–Crippen LogP) is 1.20. The summed E-state index contributed by atoms with van der Waals surface area (Å²) >= 11 is 5.89. The van der Waals surface area contributed by atoms with Crippen molar-refractivity contribution in [3.63, 3.8) is 0 Å². The summed E-state index contributed by atoms with van der Waals surface area (Å²) in [5, 5.41) is 3.53. The maximum Gasteiger partial charge on any atom is 0.357 e. The molecule has 5 N–H and O–H groups in total. The molecule has 0 saturated carbocycles. The Bertz CT molecular complexity index is 504. The van der Waals surface area contributed by atoms with Crippen LogP contribution in [0.4, 0.5) is 5.69 Å². The molecule has 0 aliphatic carbocycles. The maximum absolute atomic E-state index is 6.01. The van der Waals surface area contributed by atoms with Crippen molar-refractivity contribution in [2.75, 3.05) is 0 Å². The minimum Gasteiger partial charge on any atom is -0.357 e. The van der Waals surface area contributed by atoms with Crippen molar-refractivity contribution in [2.24, 2.45) is 22.4 Å². The summed E-state index contributed by atoms with van der Waals surface area (Å²) in [5.41, 5.74) is 12.6. The Kier molecular flexibility index (Phi) is 3.43. The molecule has 1 aliphatic rings. The Morgan fingerprint density at radius 1 is 1.28 bits per heavy atom. The first-order valence-electron chi connectivity index (χ1n) is 5.76. The van der Waals surface area contributed by atoms with Gasteiger partial charge in [-0.3, -0.25) is 5.73 Å². The second kappa shape index (κ2) is 4.86. The fourth-order valence-electron chi connectivity index (χ4n) is 1.91. The van der Waals surface area contributed by atoms with E-state index in [9.17, 15) is 0 Å². The summed E-state index contributed by atoms with van der Waals surface area (Å²) in [6.07, 6.45) is -0.118. The molecule has 1 unspecified atom stereocenters. The van der Waals surface area contributed by atoms with E-state index in [-0.39, 0.29) is 12.1 Å². The summed E-state index contributed by atoms with van der Waals surface area (Å²) in [6.45, 7) is 4.14. The minimum absolute atomic E-state index is 0.118. The van der Waals surface area contributed by atoms with Crippen LogP contribution in [0.5, 0.6) is 0 Å². The number of nitrogens with zero attached hydrogens (tertiary/aromatic N) is 2. The number of halogens is 1. The van der Waals surface area contributed by atoms with E-state index >= 15 is 0 Å². The van der Waals surface area contributed by atoms with Gasteiger partial charge in [0, 0.05) is 10.9 Å². The van der Waals surface area contributed by atoms with Crippen LogP contribution in [0, 0.1) is 5.92 Å². The summed E-state index contributed by atoms with van der Waals surface area (Å²) in [5.74, 6) is 1.10. The number of hydrogen-bond donors (Lipinski definition) is 3. The van der Waals surface area contributed by atoms with Crippen LogP contribution in [0.15, 0.2) is 29.3 Å². The number of guanidine groups is 2. The zero-order chi connectivity index (χ0) is 13.3. The van der Waals surface area contributed by atoms with E-state index in [4.69, 9.17) is 23.1 Å². The molecule has 1 aliphatic heterocycles. The SMILES string of the molecule is CC(C)C1N=C(N)NC(N)=[N+]1c1ccc(Cl)cc1. The summed E-state index contributed by atoms with van der Waals surface area (Å²) < 4.78 is 1.91. The molecule has 96 valence electrons. The van der Waals surface area contributed by atoms with Gasteiger partial charge in [0.25, 0.3) is 5.96 Å². The van der Waals surface area contributed by atoms with Crippen LogP contribution < -0.4 is 16.8 Å². The van der Waals surface area contributed by atoms with Gasteiger partial charge in [0.2, 0.25) is 0 Å². The van der Waals surface area contributed by atoms with Gasteiger partial charge < -0.3 is 5.73 Å². The van der Waals surface area contributed by atoms with Gasteiger partial charge in [0.1, 0.15) is 5.69 Å². The van der Waals surface area contributed by atoms with E-state index in [1.165, 1.54) is 0 Å². The number of hydrogen-bond acceptors (Lipinski definition) is 4. The number of nitrogens with two attached hydrogens (primary N) is 2. The number of rotatable bonds is 2. The van der Waals surface area contributed by atoms with Gasteiger partial charge in [-0.15, -0.1) is 0 Å². The fourth-order valence-corrected chi connectivity index (χ4v) is 2.03. The normalized spacial score (nSPS) is 19.8. The lowest BCUT2D eigenvalue weighted by Gasteiger charge is -2.24. The molecule has 6 heteroatoms. The predicted molar refractivity (Wildman–Crippen MR) is 74.0 cm³/mol. The molecule has 1 heterocycles. The molecule has 2 rings (SSSR count). The third-order valence-electron chi connectivity index (χ3n) is 2.75. The summed E-state index contributed by atoms with van der Waals surface area (Å²) in [6, 6.07) is 7.46. The van der Waals surface area contributed by atoms with Crippen molar-refractivity contribution < 1.29 is 4.58 Å². The Balaban J connectivity index is 2.46. The Labute approximate surface area is 111 Å². The average molecular weight is 267 g/mol. The fraction of sp³-hybridized carbons (Fsp3) is 0.333. The molecule has 5 nitrogen and oxygen atoms in total. The van der Waals surface area contributed by atoms with Crippen molar-refractivity contribution >= 4 is 29.2 Å². The molecule has 0 saturated heterocycles. The van der Waals surface area contributed by atoms with E-state index in [0.29, 0.717) is 16.9 Å². The van der Waals surface area contributed by atoms with Crippen LogP contribution in [0.2, 0.25) is 5.02 Å². The van der Waals surface area contributed by atoms with Gasteiger partial charge in [-0.05, 0) is 24.3 Å². The minimum atomic E-state index is -0.118. The first-order chi connectivity index (χ1) is 8.49. The second-order valence-corrected chi connectivity index (χ2v) is 4.97. The van der Waals surface area contributed by atoms with Crippen LogP contribution in [0.1, 0.15) is 13.8 Å². The first-order valence-corrected chi connectivity index (χ1v) is 6.14. The largest absolute Gasteiger partial charge is 0.357 e. The monoisotopic (exact) mass is 266 g/mol. The third-order valence-corrected chi connectivity index (χ3v) is 3.00. The van der Waals surface area contributed by atoms with Crippen LogP contribution in [0.25, 0.3) is 0 Å². The maximum atomic E-state index is 6.01. The lowest BCUT2D eigenvalue weighted by Crippen LogP contribution is -2.53. The van der Waals surface area contributed by atoms with Crippen molar-refractivity contribution in [1.29, 1.82) is 0 Å². The van der Waals surface area contributed by atoms with E-state index < -0.39 is 0 Å². The Morgan fingerprint density at radius 2 is 1.89 bits per heavy atom. The smallest absolute Gasteiger partial charge is 0.357 e. The number of benzene rings is 1. The van der Waals surface area contributed by atoms with Crippen molar-refractivity contribution in [1.82, 2.24) is 5.32 Å². The third kappa shape index (κ3) is 2.41. The van der Waals surface area contributed by atoms with Crippen molar-refractivity contribution in [3.05, 3.63) is 29.3 Å². The second-order valence-electron chi connectivity index (χ2n) is 4.53. The average Bonchev–Trinajstić information content (AvgIpc) is 2.29. The Hall–Kier alpha value is -1.75. The number of nitrogens with one attached hydrogen (secondary N) is 1. The van der Waals surface area contributed by atoms with Gasteiger partial charge in [0.15, 0.2) is 6.17 Å². The molecular weight excluding hydrogens is 250 g/mol. The van der Waals surface area contributed by atoms with Crippen LogP contribution >= 0.6 is 11.6 Å².